The first kappa shape index (κ1) is 30.7. The molecule has 5 aliphatic carbocycles. The number of ketones is 2. The number of fused-ring (bicyclic) bond motifs is 7. The van der Waals surface area contributed by atoms with Crippen molar-refractivity contribution < 1.29 is 14.3 Å². The minimum Gasteiger partial charge on any atom is -0.373 e. The maximum Gasteiger partial charge on any atom is 0.207 e. The maximum atomic E-state index is 14.6. The number of nitriles is 2. The predicted octanol–water partition coefficient (Wildman–Crippen LogP) is 6.46. The molecular weight excluding hydrogens is 524 g/mol. The van der Waals surface area contributed by atoms with Gasteiger partial charge in [0.1, 0.15) is 11.9 Å². The Labute approximate surface area is 251 Å². The molecule has 0 unspecified atom stereocenters. The van der Waals surface area contributed by atoms with Crippen LogP contribution < -0.4 is 5.32 Å². The zero-order valence-electron chi connectivity index (χ0n) is 26.8. The molecule has 7 nitrogen and oxygen atoms in total. The Morgan fingerprint density at radius 2 is 1.74 bits per heavy atom. The van der Waals surface area contributed by atoms with Crippen LogP contribution in [0, 0.1) is 67.6 Å². The lowest BCUT2D eigenvalue weighted by Gasteiger charge is -2.69. The highest BCUT2D eigenvalue weighted by atomic mass is 16.5. The van der Waals surface area contributed by atoms with Gasteiger partial charge in [0.2, 0.25) is 6.19 Å². The van der Waals surface area contributed by atoms with Gasteiger partial charge in [0.05, 0.1) is 17.8 Å². The fraction of sp³-hybridized carbons (Fsp3) is 0.743. The smallest absolute Gasteiger partial charge is 0.207 e. The molecule has 5 aliphatic rings. The molecule has 0 amide bonds. The molecule has 3 fully saturated rings. The molecule has 1 N–H and O–H groups in total. The van der Waals surface area contributed by atoms with Gasteiger partial charge in [-0.25, -0.2) is 0 Å². The number of nitrogens with one attached hydrogen (secondary N) is 1. The highest BCUT2D eigenvalue weighted by molar-refractivity contribution is 6.04. The van der Waals surface area contributed by atoms with Crippen LogP contribution in [0.5, 0.6) is 0 Å². The van der Waals surface area contributed by atoms with Crippen molar-refractivity contribution in [2.75, 3.05) is 13.2 Å². The van der Waals surface area contributed by atoms with Crippen LogP contribution in [0.3, 0.4) is 0 Å². The van der Waals surface area contributed by atoms with E-state index >= 15 is 0 Å². The van der Waals surface area contributed by atoms with Crippen LogP contribution in [0.15, 0.2) is 28.3 Å². The number of amidine groups is 1. The number of rotatable bonds is 4. The summed E-state index contributed by atoms with van der Waals surface area (Å²) in [4.78, 5) is 31.6. The van der Waals surface area contributed by atoms with E-state index in [0.29, 0.717) is 19.0 Å². The minimum atomic E-state index is -0.662. The summed E-state index contributed by atoms with van der Waals surface area (Å²) < 4.78 is 6.82. The number of Topliss-reactive ketones (excluding diaryl/α,β-unsaturated/α-hetero) is 1. The third-order valence-corrected chi connectivity index (χ3v) is 12.9. The summed E-state index contributed by atoms with van der Waals surface area (Å²) in [6.45, 7) is 18.4. The van der Waals surface area contributed by atoms with Crippen LogP contribution in [0.4, 0.5) is 0 Å². The molecule has 0 radical (unpaired) electrons. The van der Waals surface area contributed by atoms with E-state index in [2.05, 4.69) is 51.0 Å². The third-order valence-electron chi connectivity index (χ3n) is 12.9. The summed E-state index contributed by atoms with van der Waals surface area (Å²) in [5.41, 5.74) is -0.543. The monoisotopic (exact) mass is 572 g/mol. The number of hydrogen-bond acceptors (Lipinski definition) is 6. The van der Waals surface area contributed by atoms with E-state index in [1.54, 1.807) is 6.92 Å². The second-order valence-corrected chi connectivity index (χ2v) is 15.9. The van der Waals surface area contributed by atoms with Gasteiger partial charge in [-0.2, -0.15) is 15.5 Å². The largest absolute Gasteiger partial charge is 0.373 e. The second-order valence-electron chi connectivity index (χ2n) is 15.9. The average Bonchev–Trinajstić information content (AvgIpc) is 2.90. The summed E-state index contributed by atoms with van der Waals surface area (Å²) in [6, 6.07) is 2.20. The average molecular weight is 573 g/mol. The molecule has 7 atom stereocenters. The van der Waals surface area contributed by atoms with Crippen molar-refractivity contribution in [1.82, 2.24) is 5.32 Å². The van der Waals surface area contributed by atoms with Crippen LogP contribution in [0.2, 0.25) is 0 Å². The lowest BCUT2D eigenvalue weighted by atomic mass is 9.35. The molecule has 0 saturated heterocycles. The number of hydrogen-bond donors (Lipinski definition) is 1. The van der Waals surface area contributed by atoms with Gasteiger partial charge in [-0.1, -0.05) is 60.1 Å². The minimum absolute atomic E-state index is 0.0435. The van der Waals surface area contributed by atoms with E-state index in [0.717, 1.165) is 50.5 Å². The Morgan fingerprint density at radius 3 is 2.40 bits per heavy atom. The fourth-order valence-electron chi connectivity index (χ4n) is 10.4. The molecule has 7 heteroatoms. The summed E-state index contributed by atoms with van der Waals surface area (Å²) in [7, 11) is 0. The first-order chi connectivity index (χ1) is 19.5. The predicted molar refractivity (Wildman–Crippen MR) is 162 cm³/mol. The van der Waals surface area contributed by atoms with Crippen LogP contribution >= 0.6 is 0 Å². The number of carbonyl (C=O) groups excluding carboxylic acids is 2. The zero-order chi connectivity index (χ0) is 30.9. The van der Waals surface area contributed by atoms with Crippen LogP contribution in [0.1, 0.15) is 100 Å². The molecule has 0 bridgehead atoms. The van der Waals surface area contributed by atoms with Gasteiger partial charge >= 0.3 is 0 Å². The van der Waals surface area contributed by atoms with Crippen molar-refractivity contribution in [3.05, 3.63) is 23.3 Å². The molecule has 0 aliphatic heterocycles. The molecule has 0 aromatic carbocycles. The molecule has 42 heavy (non-hydrogen) atoms. The quantitative estimate of drug-likeness (QED) is 0.179. The summed E-state index contributed by atoms with van der Waals surface area (Å²) in [5.74, 6) is 0.703. The van der Waals surface area contributed by atoms with Crippen LogP contribution in [0.25, 0.3) is 0 Å². The highest BCUT2D eigenvalue weighted by Crippen LogP contribution is 2.73. The Morgan fingerprint density at radius 1 is 1.05 bits per heavy atom. The van der Waals surface area contributed by atoms with Crippen molar-refractivity contribution in [1.29, 1.82) is 10.5 Å². The second kappa shape index (κ2) is 9.88. The van der Waals surface area contributed by atoms with E-state index in [1.165, 1.54) is 0 Å². The molecule has 0 spiro atoms. The first-order valence-electron chi connectivity index (χ1n) is 15.8. The molecule has 226 valence electrons. The van der Waals surface area contributed by atoms with E-state index < -0.39 is 10.8 Å². The van der Waals surface area contributed by atoms with E-state index in [1.807, 2.05) is 32.2 Å². The summed E-state index contributed by atoms with van der Waals surface area (Å²) in [6.07, 6.45) is 12.3. The SMILES string of the molecule is C/C(=N\C#N)NCCO[C@]12CCC(C)(C)C[C@H]1[C@H]1C(=O)C=C3[C@@]4(C)C=C(C#N)C(=O)C(C)(C)[C@@H]4CC[C@@]3(C)[C@]1(C)CC2. The molecular formula is C35H48N4O3. The van der Waals surface area contributed by atoms with E-state index in [4.69, 9.17) is 10.00 Å². The van der Waals surface area contributed by atoms with Gasteiger partial charge in [-0.3, -0.25) is 9.59 Å². The first-order valence-corrected chi connectivity index (χ1v) is 15.8. The maximum absolute atomic E-state index is 14.6. The van der Waals surface area contributed by atoms with Gasteiger partial charge in [-0.05, 0) is 86.0 Å². The molecule has 0 heterocycles. The standard InChI is InChI=1S/C35H48N4O3/c1-22(39-21-37)38-15-16-42-35-13-11-30(2,3)19-24(35)28-25(40)17-27-32(6)18-23(20-36)29(41)31(4,5)26(32)9-10-33(27,7)34(28,8)12-14-35/h17-18,24,26,28H,9-16,19H2,1-8H3,(H,38,39)/t24-,26-,28-,32-,33+,34+,35-/m0/s1. The van der Waals surface area contributed by atoms with E-state index in [9.17, 15) is 14.9 Å². The molecule has 5 rings (SSSR count). The topological polar surface area (TPSA) is 115 Å². The van der Waals surface area contributed by atoms with Crippen LogP contribution in [-0.2, 0) is 14.3 Å². The van der Waals surface area contributed by atoms with Gasteiger partial charge in [0.25, 0.3) is 0 Å². The molecule has 3 saturated carbocycles. The highest BCUT2D eigenvalue weighted by Gasteiger charge is 2.70. The molecule has 0 aromatic rings. The van der Waals surface area contributed by atoms with Gasteiger partial charge in [-0.15, -0.1) is 0 Å². The number of aliphatic imine (C=N–C) groups is 1. The van der Waals surface area contributed by atoms with Crippen molar-refractivity contribution in [2.24, 2.45) is 49.8 Å². The van der Waals surface area contributed by atoms with Gasteiger partial charge < -0.3 is 10.1 Å². The van der Waals surface area contributed by atoms with Crippen molar-refractivity contribution in [3.63, 3.8) is 0 Å². The normalized spacial score (nSPS) is 42.0. The van der Waals surface area contributed by atoms with E-state index in [-0.39, 0.29) is 56.7 Å². The fourth-order valence-corrected chi connectivity index (χ4v) is 10.4. The Kier molecular flexibility index (Phi) is 7.22. The number of carbonyl (C=O) groups is 2. The molecule has 0 aromatic heterocycles. The van der Waals surface area contributed by atoms with Gasteiger partial charge in [0.15, 0.2) is 11.6 Å². The number of ether oxygens (including phenoxy) is 1. The summed E-state index contributed by atoms with van der Waals surface area (Å²) >= 11 is 0. The van der Waals surface area contributed by atoms with Crippen LogP contribution in [-0.4, -0.2) is 36.2 Å². The van der Waals surface area contributed by atoms with Crippen molar-refractivity contribution in [3.8, 4) is 12.3 Å². The summed E-state index contributed by atoms with van der Waals surface area (Å²) in [5, 5.41) is 21.9. The third kappa shape index (κ3) is 4.25. The Bertz CT molecular complexity index is 1370. The van der Waals surface area contributed by atoms with Crippen molar-refractivity contribution >= 4 is 17.4 Å². The Balaban J connectivity index is 1.56. The zero-order valence-corrected chi connectivity index (χ0v) is 26.8. The Hall–Kier alpha value is -2.77. The van der Waals surface area contributed by atoms with Crippen molar-refractivity contribution in [2.45, 2.75) is 106 Å². The lowest BCUT2D eigenvalue weighted by molar-refractivity contribution is -0.213. The van der Waals surface area contributed by atoms with Gasteiger partial charge in [0, 0.05) is 23.3 Å². The number of nitrogens with zero attached hydrogens (tertiary/aromatic N) is 3. The number of allylic oxidation sites excluding steroid dienone is 4. The lowest BCUT2D eigenvalue weighted by Crippen LogP contribution is -2.66.